The molecule has 0 spiro atoms. The lowest BCUT2D eigenvalue weighted by molar-refractivity contribution is 0.411. The summed E-state index contributed by atoms with van der Waals surface area (Å²) in [5, 5.41) is 11.7. The third kappa shape index (κ3) is 5.55. The van der Waals surface area contributed by atoms with Gasteiger partial charge in [-0.1, -0.05) is 114 Å². The average Bonchev–Trinajstić information content (AvgIpc) is 2.87. The van der Waals surface area contributed by atoms with Crippen molar-refractivity contribution in [2.45, 2.75) is 60.3 Å². The maximum absolute atomic E-state index is 4.61. The van der Waals surface area contributed by atoms with Gasteiger partial charge in [-0.2, -0.15) is 10.2 Å². The highest BCUT2D eigenvalue weighted by Gasteiger charge is 2.19. The quantitative estimate of drug-likeness (QED) is 0.246. The summed E-state index contributed by atoms with van der Waals surface area (Å²) in [5.41, 5.74) is 10.7. The third-order valence-corrected chi connectivity index (χ3v) is 7.16. The van der Waals surface area contributed by atoms with Crippen LogP contribution in [-0.4, -0.2) is 10.2 Å². The second-order valence-electron chi connectivity index (χ2n) is 12.7. The molecule has 0 saturated heterocycles. The van der Waals surface area contributed by atoms with E-state index in [1.54, 1.807) is 0 Å². The Balaban J connectivity index is 1.48. The third-order valence-electron chi connectivity index (χ3n) is 7.16. The Hall–Kier alpha value is -3.78. The molecule has 0 unspecified atom stereocenters. The molecule has 2 heteroatoms. The first-order valence-corrected chi connectivity index (χ1v) is 13.6. The molecule has 0 saturated carbocycles. The van der Waals surface area contributed by atoms with E-state index in [4.69, 9.17) is 0 Å². The molecule has 0 radical (unpaired) electrons. The Labute approximate surface area is 227 Å². The predicted octanol–water partition coefficient (Wildman–Crippen LogP) is 9.83. The van der Waals surface area contributed by atoms with E-state index in [1.807, 2.05) is 6.92 Å². The minimum absolute atomic E-state index is 0.0251. The van der Waals surface area contributed by atoms with Crippen molar-refractivity contribution >= 4 is 10.8 Å². The molecule has 38 heavy (non-hydrogen) atoms. The van der Waals surface area contributed by atoms with Crippen LogP contribution in [0.2, 0.25) is 0 Å². The van der Waals surface area contributed by atoms with Crippen LogP contribution in [0, 0.1) is 12.3 Å². The van der Waals surface area contributed by atoms with Gasteiger partial charge in [0, 0.05) is 11.1 Å². The van der Waals surface area contributed by atoms with Crippen LogP contribution in [0.15, 0.2) is 91.0 Å². The van der Waals surface area contributed by atoms with E-state index in [-0.39, 0.29) is 5.41 Å². The van der Waals surface area contributed by atoms with Gasteiger partial charge in [-0.3, -0.25) is 0 Å². The number of aryl methyl sites for hydroxylation is 1. The van der Waals surface area contributed by atoms with E-state index in [2.05, 4.69) is 143 Å². The highest BCUT2D eigenvalue weighted by atomic mass is 15.1. The number of aromatic nitrogens is 2. The number of rotatable bonds is 4. The fourth-order valence-electron chi connectivity index (χ4n) is 5.23. The normalized spacial score (nSPS) is 12.2. The Morgan fingerprint density at radius 2 is 1.21 bits per heavy atom. The number of fused-ring (bicyclic) bond motifs is 1. The second-order valence-corrected chi connectivity index (χ2v) is 12.7. The molecule has 0 aliphatic heterocycles. The molecule has 0 N–H and O–H groups in total. The summed E-state index contributed by atoms with van der Waals surface area (Å²) in [5.74, 6) is 0. The zero-order valence-corrected chi connectivity index (χ0v) is 23.8. The Morgan fingerprint density at radius 1 is 0.605 bits per heavy atom. The number of nitrogens with zero attached hydrogens (tertiary/aromatic N) is 2. The highest BCUT2D eigenvalue weighted by molar-refractivity contribution is 5.91. The van der Waals surface area contributed by atoms with Gasteiger partial charge < -0.3 is 0 Å². The van der Waals surface area contributed by atoms with Crippen LogP contribution in [0.25, 0.3) is 44.3 Å². The topological polar surface area (TPSA) is 25.8 Å². The van der Waals surface area contributed by atoms with Crippen molar-refractivity contribution in [2.24, 2.45) is 5.41 Å². The first-order chi connectivity index (χ1) is 18.0. The number of benzene rings is 4. The molecule has 5 rings (SSSR count). The van der Waals surface area contributed by atoms with Crippen LogP contribution in [0.5, 0.6) is 0 Å². The molecule has 4 aromatic carbocycles. The molecule has 1 heterocycles. The molecule has 0 fully saturated rings. The van der Waals surface area contributed by atoms with Crippen LogP contribution >= 0.6 is 0 Å². The van der Waals surface area contributed by atoms with Crippen LogP contribution in [-0.2, 0) is 11.8 Å². The lowest BCUT2D eigenvalue weighted by atomic mass is 9.82. The average molecular weight is 499 g/mol. The van der Waals surface area contributed by atoms with Gasteiger partial charge in [0.25, 0.3) is 0 Å². The molecule has 0 atom stereocenters. The predicted molar refractivity (Wildman–Crippen MR) is 162 cm³/mol. The van der Waals surface area contributed by atoms with Crippen LogP contribution in [0.4, 0.5) is 0 Å². The van der Waals surface area contributed by atoms with Gasteiger partial charge in [-0.15, -0.1) is 0 Å². The van der Waals surface area contributed by atoms with Crippen molar-refractivity contribution in [3.8, 4) is 33.5 Å². The van der Waals surface area contributed by atoms with E-state index in [9.17, 15) is 0 Å². The van der Waals surface area contributed by atoms with Gasteiger partial charge in [-0.05, 0) is 81.0 Å². The van der Waals surface area contributed by atoms with Crippen LogP contribution < -0.4 is 0 Å². The van der Waals surface area contributed by atoms with E-state index < -0.39 is 0 Å². The number of hydrogen-bond donors (Lipinski definition) is 0. The summed E-state index contributed by atoms with van der Waals surface area (Å²) in [6, 6.07) is 33.1. The van der Waals surface area contributed by atoms with E-state index >= 15 is 0 Å². The van der Waals surface area contributed by atoms with E-state index in [0.717, 1.165) is 34.5 Å². The van der Waals surface area contributed by atoms with Crippen molar-refractivity contribution in [3.63, 3.8) is 0 Å². The zero-order valence-electron chi connectivity index (χ0n) is 23.8. The lowest BCUT2D eigenvalue weighted by Gasteiger charge is -2.22. The van der Waals surface area contributed by atoms with Gasteiger partial charge in [0.1, 0.15) is 0 Å². The Kier molecular flexibility index (Phi) is 6.69. The van der Waals surface area contributed by atoms with Crippen molar-refractivity contribution in [1.82, 2.24) is 10.2 Å². The SMILES string of the molecule is Cc1nnc(-c2cc(C(C)(C)C)c3ccccc3c2)cc1-c1ccc(-c2ccc(CC(C)(C)C)cc2)cc1. The zero-order chi connectivity index (χ0) is 27.1. The monoisotopic (exact) mass is 498 g/mol. The van der Waals surface area contributed by atoms with Crippen molar-refractivity contribution in [3.05, 3.63) is 108 Å². The fraction of sp³-hybridized carbons (Fsp3) is 0.278. The second kappa shape index (κ2) is 9.83. The molecule has 0 aliphatic carbocycles. The molecule has 5 aromatic rings. The van der Waals surface area contributed by atoms with Gasteiger partial charge in [0.2, 0.25) is 0 Å². The van der Waals surface area contributed by atoms with Gasteiger partial charge in [0.05, 0.1) is 11.4 Å². The first-order valence-electron chi connectivity index (χ1n) is 13.6. The summed E-state index contributed by atoms with van der Waals surface area (Å²) in [6.07, 6.45) is 1.08. The Morgan fingerprint density at radius 3 is 1.84 bits per heavy atom. The molecule has 0 bridgehead atoms. The minimum atomic E-state index is 0.0251. The van der Waals surface area contributed by atoms with Crippen LogP contribution in [0.3, 0.4) is 0 Å². The molecule has 2 nitrogen and oxygen atoms in total. The summed E-state index contributed by atoms with van der Waals surface area (Å²) in [7, 11) is 0. The van der Waals surface area contributed by atoms with Gasteiger partial charge in [0.15, 0.2) is 0 Å². The van der Waals surface area contributed by atoms with Crippen LogP contribution in [0.1, 0.15) is 58.4 Å². The molecular formula is C36H38N2. The molecule has 0 amide bonds. The minimum Gasteiger partial charge on any atom is -0.155 e. The van der Waals surface area contributed by atoms with Gasteiger partial charge >= 0.3 is 0 Å². The summed E-state index contributed by atoms with van der Waals surface area (Å²) < 4.78 is 0. The maximum Gasteiger partial charge on any atom is 0.0936 e. The Bertz CT molecular complexity index is 1580. The van der Waals surface area contributed by atoms with E-state index in [0.29, 0.717) is 5.41 Å². The molecular weight excluding hydrogens is 460 g/mol. The largest absolute Gasteiger partial charge is 0.155 e. The highest BCUT2D eigenvalue weighted by Crippen LogP contribution is 2.36. The number of hydrogen-bond acceptors (Lipinski definition) is 2. The van der Waals surface area contributed by atoms with Crippen molar-refractivity contribution in [2.75, 3.05) is 0 Å². The summed E-state index contributed by atoms with van der Waals surface area (Å²) in [4.78, 5) is 0. The van der Waals surface area contributed by atoms with Crippen molar-refractivity contribution in [1.29, 1.82) is 0 Å². The molecule has 192 valence electrons. The lowest BCUT2D eigenvalue weighted by Crippen LogP contribution is -2.12. The smallest absolute Gasteiger partial charge is 0.0936 e. The maximum atomic E-state index is 4.61. The molecule has 1 aromatic heterocycles. The van der Waals surface area contributed by atoms with E-state index in [1.165, 1.54) is 33.0 Å². The first kappa shape index (κ1) is 25.9. The fourth-order valence-corrected chi connectivity index (χ4v) is 5.23. The summed E-state index contributed by atoms with van der Waals surface area (Å²) >= 11 is 0. The standard InChI is InChI=1S/C36H38N2/c1-24-32(28-18-16-27(17-19-28)26-14-12-25(13-15-26)23-35(2,3)4)22-34(38-37-24)30-20-29-10-8-9-11-31(29)33(21-30)36(5,6)7/h8-22H,23H2,1-7H3. The van der Waals surface area contributed by atoms with Gasteiger partial charge in [-0.25, -0.2) is 0 Å². The van der Waals surface area contributed by atoms with Crippen molar-refractivity contribution < 1.29 is 0 Å². The molecule has 0 aliphatic rings. The summed E-state index contributed by atoms with van der Waals surface area (Å²) in [6.45, 7) is 15.7.